The molecule has 0 spiro atoms. The molecule has 1 aliphatic heterocycles. The summed E-state index contributed by atoms with van der Waals surface area (Å²) in [7, 11) is -2.21. The predicted octanol–water partition coefficient (Wildman–Crippen LogP) is 3.73. The molecule has 33 heavy (non-hydrogen) atoms. The summed E-state index contributed by atoms with van der Waals surface area (Å²) in [5, 5.41) is 2.90. The molecule has 1 fully saturated rings. The maximum absolute atomic E-state index is 13.2. The highest BCUT2D eigenvalue weighted by atomic mass is 32.2. The Morgan fingerprint density at radius 1 is 1.18 bits per heavy atom. The zero-order chi connectivity index (χ0) is 23.8. The fourth-order valence-electron chi connectivity index (χ4n) is 3.73. The van der Waals surface area contributed by atoms with Crippen molar-refractivity contribution in [2.75, 3.05) is 26.8 Å². The van der Waals surface area contributed by atoms with Crippen LogP contribution in [-0.4, -0.2) is 45.4 Å². The summed E-state index contributed by atoms with van der Waals surface area (Å²) in [6.45, 7) is 3.43. The minimum Gasteiger partial charge on any atom is -0.493 e. The number of amides is 1. The number of sulfonamides is 1. The fraction of sp³-hybridized carbons (Fsp3) is 0.458. The molecule has 9 heteroatoms. The third-order valence-electron chi connectivity index (χ3n) is 5.66. The summed E-state index contributed by atoms with van der Waals surface area (Å²) in [4.78, 5) is 12.8. The molecule has 3 rings (SSSR count). The highest BCUT2D eigenvalue weighted by Gasteiger charge is 2.33. The van der Waals surface area contributed by atoms with Crippen LogP contribution >= 0.6 is 0 Å². The maximum atomic E-state index is 13.2. The monoisotopic (exact) mass is 478 g/mol. The van der Waals surface area contributed by atoms with Crippen LogP contribution in [0.15, 0.2) is 47.4 Å². The maximum Gasteiger partial charge on any atom is 0.243 e. The number of halogens is 1. The Labute approximate surface area is 194 Å². The Balaban J connectivity index is 1.59. The molecule has 0 aliphatic carbocycles. The molecule has 1 atom stereocenters. The van der Waals surface area contributed by atoms with Gasteiger partial charge in [0.2, 0.25) is 15.9 Å². The molecule has 2 aromatic rings. The van der Waals surface area contributed by atoms with Gasteiger partial charge < -0.3 is 14.8 Å². The number of rotatable bonds is 10. The van der Waals surface area contributed by atoms with Gasteiger partial charge in [-0.25, -0.2) is 12.8 Å². The molecule has 0 bridgehead atoms. The van der Waals surface area contributed by atoms with Crippen LogP contribution in [0.4, 0.5) is 4.39 Å². The van der Waals surface area contributed by atoms with Crippen molar-refractivity contribution < 1.29 is 27.1 Å². The molecule has 1 amide bonds. The number of carbonyl (C=O) groups is 1. The lowest BCUT2D eigenvalue weighted by Crippen LogP contribution is -2.45. The average molecular weight is 479 g/mol. The standard InChI is InChI=1S/C24H31FN2O5S/c1-3-4-14-32-22-12-7-18(15-23(22)31-2)16-26-24(28)19-6-5-13-27(17-19)33(29,30)21-10-8-20(25)9-11-21/h7-12,15,19H,3-6,13-14,16-17H2,1-2H3,(H,26,28). The van der Waals surface area contributed by atoms with Gasteiger partial charge in [0, 0.05) is 19.6 Å². The van der Waals surface area contributed by atoms with Crippen LogP contribution in [0.1, 0.15) is 38.2 Å². The first kappa shape index (κ1) is 25.0. The van der Waals surface area contributed by atoms with Gasteiger partial charge >= 0.3 is 0 Å². The number of methoxy groups -OCH3 is 1. The molecule has 0 saturated carbocycles. The number of hydrogen-bond donors (Lipinski definition) is 1. The van der Waals surface area contributed by atoms with E-state index in [9.17, 15) is 17.6 Å². The summed E-state index contributed by atoms with van der Waals surface area (Å²) in [6.07, 6.45) is 3.18. The highest BCUT2D eigenvalue weighted by molar-refractivity contribution is 7.89. The normalized spacial score (nSPS) is 16.9. The molecule has 0 aromatic heterocycles. The molecule has 1 aliphatic rings. The molecule has 1 N–H and O–H groups in total. The lowest BCUT2D eigenvalue weighted by atomic mass is 9.98. The number of nitrogens with zero attached hydrogens (tertiary/aromatic N) is 1. The van der Waals surface area contributed by atoms with Crippen LogP contribution in [0.25, 0.3) is 0 Å². The zero-order valence-corrected chi connectivity index (χ0v) is 19.9. The topological polar surface area (TPSA) is 84.9 Å². The van der Waals surface area contributed by atoms with Gasteiger partial charge in [-0.3, -0.25) is 4.79 Å². The Hall–Kier alpha value is -2.65. The number of ether oxygens (including phenoxy) is 2. The van der Waals surface area contributed by atoms with E-state index in [1.165, 1.54) is 16.4 Å². The largest absolute Gasteiger partial charge is 0.493 e. The Morgan fingerprint density at radius 2 is 1.94 bits per heavy atom. The summed E-state index contributed by atoms with van der Waals surface area (Å²) >= 11 is 0. The van der Waals surface area contributed by atoms with E-state index in [4.69, 9.17) is 9.47 Å². The van der Waals surface area contributed by atoms with Gasteiger partial charge in [-0.05, 0) is 61.2 Å². The predicted molar refractivity (Wildman–Crippen MR) is 123 cm³/mol. The second-order valence-electron chi connectivity index (χ2n) is 8.06. The SMILES string of the molecule is CCCCOc1ccc(CNC(=O)C2CCCN(S(=O)(=O)c3ccc(F)cc3)C2)cc1OC. The minimum absolute atomic E-state index is 0.0262. The molecular weight excluding hydrogens is 447 g/mol. The first-order valence-corrected chi connectivity index (χ1v) is 12.6. The number of benzene rings is 2. The molecular formula is C24H31FN2O5S. The first-order chi connectivity index (χ1) is 15.8. The Kier molecular flexibility index (Phi) is 8.68. The number of piperidine rings is 1. The van der Waals surface area contributed by atoms with Gasteiger partial charge in [-0.2, -0.15) is 4.31 Å². The van der Waals surface area contributed by atoms with Gasteiger partial charge in [0.05, 0.1) is 24.5 Å². The van der Waals surface area contributed by atoms with Crippen LogP contribution < -0.4 is 14.8 Å². The van der Waals surface area contributed by atoms with Crippen LogP contribution in [0, 0.1) is 11.7 Å². The van der Waals surface area contributed by atoms with Crippen LogP contribution in [0.3, 0.4) is 0 Å². The summed E-state index contributed by atoms with van der Waals surface area (Å²) in [6, 6.07) is 10.3. The van der Waals surface area contributed by atoms with E-state index in [2.05, 4.69) is 12.2 Å². The molecule has 1 saturated heterocycles. The van der Waals surface area contributed by atoms with Crippen molar-refractivity contribution in [3.8, 4) is 11.5 Å². The number of nitrogens with one attached hydrogen (secondary N) is 1. The smallest absolute Gasteiger partial charge is 0.243 e. The van der Waals surface area contributed by atoms with Crippen LogP contribution in [0.2, 0.25) is 0 Å². The third kappa shape index (κ3) is 6.45. The van der Waals surface area contributed by atoms with Crippen LogP contribution in [0.5, 0.6) is 11.5 Å². The van der Waals surface area contributed by atoms with Gasteiger partial charge in [-0.1, -0.05) is 19.4 Å². The highest BCUT2D eigenvalue weighted by Crippen LogP contribution is 2.29. The zero-order valence-electron chi connectivity index (χ0n) is 19.1. The van der Waals surface area contributed by atoms with Gasteiger partial charge in [0.1, 0.15) is 5.82 Å². The minimum atomic E-state index is -3.78. The Bertz CT molecular complexity index is 1040. The van der Waals surface area contributed by atoms with Crippen molar-refractivity contribution in [3.63, 3.8) is 0 Å². The molecule has 1 unspecified atom stereocenters. The molecule has 180 valence electrons. The number of hydrogen-bond acceptors (Lipinski definition) is 5. The van der Waals surface area contributed by atoms with E-state index < -0.39 is 21.8 Å². The van der Waals surface area contributed by atoms with Gasteiger partial charge in [0.25, 0.3) is 0 Å². The van der Waals surface area contributed by atoms with Crippen molar-refractivity contribution in [1.29, 1.82) is 0 Å². The van der Waals surface area contributed by atoms with E-state index in [1.807, 2.05) is 18.2 Å². The van der Waals surface area contributed by atoms with E-state index in [0.717, 1.165) is 30.5 Å². The lowest BCUT2D eigenvalue weighted by molar-refractivity contribution is -0.126. The van der Waals surface area contributed by atoms with Gasteiger partial charge in [0.15, 0.2) is 11.5 Å². The van der Waals surface area contributed by atoms with Crippen molar-refractivity contribution in [1.82, 2.24) is 9.62 Å². The fourth-order valence-corrected chi connectivity index (χ4v) is 5.26. The van der Waals surface area contributed by atoms with Gasteiger partial charge in [-0.15, -0.1) is 0 Å². The van der Waals surface area contributed by atoms with Crippen molar-refractivity contribution in [2.45, 2.75) is 44.0 Å². The quantitative estimate of drug-likeness (QED) is 0.526. The summed E-state index contributed by atoms with van der Waals surface area (Å²) < 4.78 is 51.4. The molecule has 0 radical (unpaired) electrons. The van der Waals surface area contributed by atoms with E-state index >= 15 is 0 Å². The molecule has 1 heterocycles. The van der Waals surface area contributed by atoms with E-state index in [1.54, 1.807) is 7.11 Å². The molecule has 7 nitrogen and oxygen atoms in total. The Morgan fingerprint density at radius 3 is 2.64 bits per heavy atom. The third-order valence-corrected chi connectivity index (χ3v) is 7.54. The van der Waals surface area contributed by atoms with E-state index in [-0.39, 0.29) is 17.3 Å². The summed E-state index contributed by atoms with van der Waals surface area (Å²) in [5.74, 6) is 0.118. The second kappa shape index (κ2) is 11.5. The number of unbranched alkanes of at least 4 members (excludes halogenated alkanes) is 1. The molecule has 2 aromatic carbocycles. The average Bonchev–Trinajstić information content (AvgIpc) is 2.83. The number of carbonyl (C=O) groups excluding carboxylic acids is 1. The van der Waals surface area contributed by atoms with E-state index in [0.29, 0.717) is 44.0 Å². The summed E-state index contributed by atoms with van der Waals surface area (Å²) in [5.41, 5.74) is 0.856. The van der Waals surface area contributed by atoms with Crippen molar-refractivity contribution in [2.24, 2.45) is 5.92 Å². The first-order valence-electron chi connectivity index (χ1n) is 11.2. The van der Waals surface area contributed by atoms with Crippen LogP contribution in [-0.2, 0) is 21.4 Å². The second-order valence-corrected chi connectivity index (χ2v) is 10.00. The van der Waals surface area contributed by atoms with Crippen molar-refractivity contribution in [3.05, 3.63) is 53.8 Å². The lowest BCUT2D eigenvalue weighted by Gasteiger charge is -2.31. The van der Waals surface area contributed by atoms with Crippen molar-refractivity contribution >= 4 is 15.9 Å².